The number of nitrogens with zero attached hydrogens (tertiary/aromatic N) is 2. The molecule has 0 unspecified atom stereocenters. The molecule has 0 radical (unpaired) electrons. The molecule has 0 aliphatic heterocycles. The van der Waals surface area contributed by atoms with Crippen molar-refractivity contribution in [3.05, 3.63) is 40.5 Å². The fraction of sp³-hybridized carbons (Fsp3) is 0.154. The Morgan fingerprint density at radius 2 is 2.00 bits per heavy atom. The number of hydrogen-bond acceptors (Lipinski definition) is 5. The van der Waals surface area contributed by atoms with Crippen molar-refractivity contribution in [3.63, 3.8) is 0 Å². The van der Waals surface area contributed by atoms with E-state index in [1.54, 1.807) is 26.4 Å². The Hall–Kier alpha value is -2.15. The van der Waals surface area contributed by atoms with Crippen LogP contribution in [0.5, 0.6) is 0 Å². The van der Waals surface area contributed by atoms with Gasteiger partial charge in [-0.1, -0.05) is 12.1 Å². The molecule has 0 bridgehead atoms. The minimum atomic E-state index is -0.160. The van der Waals surface area contributed by atoms with Gasteiger partial charge in [0.1, 0.15) is 5.82 Å². The standard InChI is InChI=1S/C13H14BrN5O/c1-15-12(20)8-5-3-4-6-10(8)18-11-9(14)7-17-13(16-2)19-11/h3-7H,1-2H3,(H,15,20)(H2,16,17,18,19). The van der Waals surface area contributed by atoms with Crippen molar-refractivity contribution in [3.8, 4) is 0 Å². The number of halogens is 1. The Morgan fingerprint density at radius 3 is 2.70 bits per heavy atom. The van der Waals surface area contributed by atoms with Crippen LogP contribution in [-0.4, -0.2) is 30.0 Å². The van der Waals surface area contributed by atoms with Gasteiger partial charge in [-0.3, -0.25) is 4.79 Å². The first-order valence-electron chi connectivity index (χ1n) is 5.94. The first-order valence-corrected chi connectivity index (χ1v) is 6.73. The van der Waals surface area contributed by atoms with Gasteiger partial charge in [0.05, 0.1) is 15.7 Å². The highest BCUT2D eigenvalue weighted by atomic mass is 79.9. The van der Waals surface area contributed by atoms with Gasteiger partial charge in [0, 0.05) is 20.3 Å². The Morgan fingerprint density at radius 1 is 1.25 bits per heavy atom. The van der Waals surface area contributed by atoms with Crippen LogP contribution >= 0.6 is 15.9 Å². The maximum Gasteiger partial charge on any atom is 0.253 e. The maximum atomic E-state index is 11.8. The third-order valence-corrected chi connectivity index (χ3v) is 3.20. The van der Waals surface area contributed by atoms with E-state index in [1.807, 2.05) is 18.2 Å². The van der Waals surface area contributed by atoms with E-state index in [0.717, 1.165) is 0 Å². The van der Waals surface area contributed by atoms with E-state index >= 15 is 0 Å². The molecule has 104 valence electrons. The lowest BCUT2D eigenvalue weighted by Gasteiger charge is -2.12. The van der Waals surface area contributed by atoms with Crippen molar-refractivity contribution in [1.82, 2.24) is 15.3 Å². The number of carbonyl (C=O) groups excluding carboxylic acids is 1. The van der Waals surface area contributed by atoms with E-state index in [-0.39, 0.29) is 5.91 Å². The minimum absolute atomic E-state index is 0.160. The molecule has 20 heavy (non-hydrogen) atoms. The van der Waals surface area contributed by atoms with Crippen LogP contribution in [0.15, 0.2) is 34.9 Å². The monoisotopic (exact) mass is 335 g/mol. The Labute approximate surface area is 125 Å². The summed E-state index contributed by atoms with van der Waals surface area (Å²) in [5.41, 5.74) is 1.22. The van der Waals surface area contributed by atoms with E-state index in [1.165, 1.54) is 0 Å². The lowest BCUT2D eigenvalue weighted by atomic mass is 10.1. The van der Waals surface area contributed by atoms with Crippen molar-refractivity contribution >= 4 is 39.3 Å². The molecule has 0 atom stereocenters. The summed E-state index contributed by atoms with van der Waals surface area (Å²) in [6.45, 7) is 0. The lowest BCUT2D eigenvalue weighted by Crippen LogP contribution is -2.19. The fourth-order valence-electron chi connectivity index (χ4n) is 1.63. The number of benzene rings is 1. The molecule has 0 aliphatic rings. The SMILES string of the molecule is CNC(=O)c1ccccc1Nc1nc(NC)ncc1Br. The molecule has 0 fully saturated rings. The van der Waals surface area contributed by atoms with Gasteiger partial charge in [-0.25, -0.2) is 4.98 Å². The minimum Gasteiger partial charge on any atom is -0.357 e. The van der Waals surface area contributed by atoms with Gasteiger partial charge in [-0.2, -0.15) is 4.98 Å². The smallest absolute Gasteiger partial charge is 0.253 e. The van der Waals surface area contributed by atoms with Crippen LogP contribution in [0, 0.1) is 0 Å². The van der Waals surface area contributed by atoms with Crippen LogP contribution in [0.2, 0.25) is 0 Å². The maximum absolute atomic E-state index is 11.8. The van der Waals surface area contributed by atoms with Crippen molar-refractivity contribution in [1.29, 1.82) is 0 Å². The van der Waals surface area contributed by atoms with Gasteiger partial charge >= 0.3 is 0 Å². The quantitative estimate of drug-likeness (QED) is 0.799. The zero-order valence-corrected chi connectivity index (χ0v) is 12.7. The van der Waals surface area contributed by atoms with Crippen molar-refractivity contribution in [2.24, 2.45) is 0 Å². The molecule has 1 heterocycles. The van der Waals surface area contributed by atoms with E-state index in [2.05, 4.69) is 41.8 Å². The Bertz CT molecular complexity index is 632. The zero-order chi connectivity index (χ0) is 14.5. The first-order chi connectivity index (χ1) is 9.65. The second-order valence-corrected chi connectivity index (χ2v) is 4.74. The van der Waals surface area contributed by atoms with Crippen LogP contribution < -0.4 is 16.0 Å². The average molecular weight is 336 g/mol. The number of para-hydroxylation sites is 1. The van der Waals surface area contributed by atoms with Gasteiger partial charge < -0.3 is 16.0 Å². The van der Waals surface area contributed by atoms with Gasteiger partial charge in [-0.05, 0) is 28.1 Å². The molecule has 6 nitrogen and oxygen atoms in total. The van der Waals surface area contributed by atoms with Gasteiger partial charge in [0.15, 0.2) is 0 Å². The molecule has 7 heteroatoms. The molecule has 0 spiro atoms. The third kappa shape index (κ3) is 3.05. The molecular formula is C13H14BrN5O. The van der Waals surface area contributed by atoms with Crippen LogP contribution in [-0.2, 0) is 0 Å². The number of rotatable bonds is 4. The van der Waals surface area contributed by atoms with E-state index in [4.69, 9.17) is 0 Å². The normalized spacial score (nSPS) is 9.95. The summed E-state index contributed by atoms with van der Waals surface area (Å²) in [4.78, 5) is 20.2. The fourth-order valence-corrected chi connectivity index (χ4v) is 1.92. The molecule has 0 saturated heterocycles. The zero-order valence-electron chi connectivity index (χ0n) is 11.1. The largest absolute Gasteiger partial charge is 0.357 e. The molecular weight excluding hydrogens is 322 g/mol. The van der Waals surface area contributed by atoms with Crippen LogP contribution in [0.4, 0.5) is 17.5 Å². The third-order valence-electron chi connectivity index (χ3n) is 2.62. The van der Waals surface area contributed by atoms with Gasteiger partial charge in [0.25, 0.3) is 5.91 Å². The Kier molecular flexibility index (Phi) is 4.52. The number of carbonyl (C=O) groups is 1. The summed E-state index contributed by atoms with van der Waals surface area (Å²) in [6, 6.07) is 7.22. The second kappa shape index (κ2) is 6.33. The highest BCUT2D eigenvalue weighted by Crippen LogP contribution is 2.26. The molecule has 0 aliphatic carbocycles. The number of nitrogens with one attached hydrogen (secondary N) is 3. The predicted molar refractivity (Wildman–Crippen MR) is 82.4 cm³/mol. The van der Waals surface area contributed by atoms with E-state index in [0.29, 0.717) is 27.5 Å². The van der Waals surface area contributed by atoms with Crippen molar-refractivity contribution in [2.45, 2.75) is 0 Å². The Balaban J connectivity index is 2.37. The number of aromatic nitrogens is 2. The average Bonchev–Trinajstić information content (AvgIpc) is 2.49. The second-order valence-electron chi connectivity index (χ2n) is 3.89. The molecule has 0 saturated carbocycles. The molecule has 2 rings (SSSR count). The summed E-state index contributed by atoms with van der Waals surface area (Å²) in [5, 5.41) is 8.61. The summed E-state index contributed by atoms with van der Waals surface area (Å²) in [5.74, 6) is 0.918. The van der Waals surface area contributed by atoms with Crippen molar-refractivity contribution < 1.29 is 4.79 Å². The number of anilines is 3. The number of hydrogen-bond donors (Lipinski definition) is 3. The molecule has 1 aromatic carbocycles. The van der Waals surface area contributed by atoms with E-state index in [9.17, 15) is 4.79 Å². The molecule has 1 amide bonds. The van der Waals surface area contributed by atoms with Gasteiger partial charge in [-0.15, -0.1) is 0 Å². The van der Waals surface area contributed by atoms with Crippen LogP contribution in [0.25, 0.3) is 0 Å². The van der Waals surface area contributed by atoms with Crippen molar-refractivity contribution in [2.75, 3.05) is 24.7 Å². The molecule has 2 aromatic rings. The summed E-state index contributed by atoms with van der Waals surface area (Å²) in [7, 11) is 3.34. The highest BCUT2D eigenvalue weighted by Gasteiger charge is 2.11. The summed E-state index contributed by atoms with van der Waals surface area (Å²) in [6.07, 6.45) is 1.64. The molecule has 1 aromatic heterocycles. The topological polar surface area (TPSA) is 78.9 Å². The molecule has 3 N–H and O–H groups in total. The summed E-state index contributed by atoms with van der Waals surface area (Å²) >= 11 is 3.38. The lowest BCUT2D eigenvalue weighted by molar-refractivity contribution is 0.0964. The van der Waals surface area contributed by atoms with E-state index < -0.39 is 0 Å². The van der Waals surface area contributed by atoms with Crippen LogP contribution in [0.3, 0.4) is 0 Å². The van der Waals surface area contributed by atoms with Crippen LogP contribution in [0.1, 0.15) is 10.4 Å². The summed E-state index contributed by atoms with van der Waals surface area (Å²) < 4.78 is 0.711. The highest BCUT2D eigenvalue weighted by molar-refractivity contribution is 9.10. The predicted octanol–water partition coefficient (Wildman–Crippen LogP) is 2.38. The first kappa shape index (κ1) is 14.3. The number of amides is 1. The van der Waals surface area contributed by atoms with Gasteiger partial charge in [0.2, 0.25) is 5.95 Å².